The highest BCUT2D eigenvalue weighted by Crippen LogP contribution is 2.25. The number of rotatable bonds is 5. The topological polar surface area (TPSA) is 84.9 Å². The van der Waals surface area contributed by atoms with E-state index in [0.29, 0.717) is 5.75 Å². The molecule has 0 aliphatic heterocycles. The first-order valence-electron chi connectivity index (χ1n) is 7.32. The first-order valence-corrected chi connectivity index (χ1v) is 7.32. The second-order valence-corrected chi connectivity index (χ2v) is 5.33. The minimum Gasteiger partial charge on any atom is -0.506 e. The zero-order valence-corrected chi connectivity index (χ0v) is 13.8. The number of hydrogen-bond donors (Lipinski definition) is 2. The largest absolute Gasteiger partial charge is 0.506 e. The van der Waals surface area contributed by atoms with Gasteiger partial charge in [0.25, 0.3) is 5.91 Å². The number of phenolic OH excluding ortho intramolecular Hbond substituents is 1. The summed E-state index contributed by atoms with van der Waals surface area (Å²) in [5, 5.41) is 12.4. The molecule has 6 nitrogen and oxygen atoms in total. The normalized spacial score (nSPS) is 10.1. The van der Waals surface area contributed by atoms with E-state index in [4.69, 9.17) is 4.74 Å². The number of carbonyl (C=O) groups is 2. The number of amides is 1. The van der Waals surface area contributed by atoms with E-state index in [1.807, 2.05) is 26.0 Å². The van der Waals surface area contributed by atoms with Crippen molar-refractivity contribution in [2.45, 2.75) is 13.8 Å². The van der Waals surface area contributed by atoms with E-state index >= 15 is 0 Å². The number of phenols is 1. The molecule has 0 aliphatic carbocycles. The van der Waals surface area contributed by atoms with Crippen molar-refractivity contribution < 1.29 is 24.2 Å². The van der Waals surface area contributed by atoms with Gasteiger partial charge >= 0.3 is 5.97 Å². The number of nitrogens with one attached hydrogen (secondary N) is 1. The van der Waals surface area contributed by atoms with Gasteiger partial charge in [-0.25, -0.2) is 4.79 Å². The quantitative estimate of drug-likeness (QED) is 0.651. The Labute approximate surface area is 140 Å². The highest BCUT2D eigenvalue weighted by atomic mass is 16.5. The molecule has 126 valence electrons. The molecule has 2 rings (SSSR count). The minimum atomic E-state index is -0.568. The third kappa shape index (κ3) is 4.25. The molecule has 0 atom stereocenters. The maximum Gasteiger partial charge on any atom is 0.337 e. The molecule has 0 saturated heterocycles. The molecule has 2 aromatic rings. The summed E-state index contributed by atoms with van der Waals surface area (Å²) in [5.74, 6) is -0.587. The van der Waals surface area contributed by atoms with Gasteiger partial charge in [-0.1, -0.05) is 17.7 Å². The Morgan fingerprint density at radius 1 is 1.12 bits per heavy atom. The van der Waals surface area contributed by atoms with E-state index in [9.17, 15) is 14.7 Å². The molecule has 0 fully saturated rings. The summed E-state index contributed by atoms with van der Waals surface area (Å²) in [4.78, 5) is 23.3. The molecule has 24 heavy (non-hydrogen) atoms. The van der Waals surface area contributed by atoms with Crippen molar-refractivity contribution in [2.75, 3.05) is 19.0 Å². The lowest BCUT2D eigenvalue weighted by molar-refractivity contribution is -0.118. The van der Waals surface area contributed by atoms with E-state index in [-0.39, 0.29) is 23.6 Å². The van der Waals surface area contributed by atoms with Gasteiger partial charge in [0, 0.05) is 0 Å². The highest BCUT2D eigenvalue weighted by molar-refractivity contribution is 5.95. The number of hydrogen-bond acceptors (Lipinski definition) is 5. The lowest BCUT2D eigenvalue weighted by Crippen LogP contribution is -2.20. The first kappa shape index (κ1) is 17.3. The lowest BCUT2D eigenvalue weighted by atomic mass is 10.1. The van der Waals surface area contributed by atoms with Crippen molar-refractivity contribution >= 4 is 17.6 Å². The van der Waals surface area contributed by atoms with Crippen molar-refractivity contribution in [3.8, 4) is 11.5 Å². The Morgan fingerprint density at radius 2 is 1.88 bits per heavy atom. The summed E-state index contributed by atoms with van der Waals surface area (Å²) in [6.07, 6.45) is 0. The Bertz CT molecular complexity index is 770. The molecule has 0 heterocycles. The molecule has 2 aromatic carbocycles. The van der Waals surface area contributed by atoms with Crippen LogP contribution in [-0.2, 0) is 9.53 Å². The van der Waals surface area contributed by atoms with Crippen LogP contribution < -0.4 is 10.1 Å². The Balaban J connectivity index is 1.98. The van der Waals surface area contributed by atoms with Gasteiger partial charge in [-0.3, -0.25) is 4.79 Å². The van der Waals surface area contributed by atoms with E-state index in [1.54, 1.807) is 6.07 Å². The maximum atomic E-state index is 12.0. The molecule has 2 N–H and O–H groups in total. The number of carbonyl (C=O) groups excluding carboxylic acids is 2. The average Bonchev–Trinajstić information content (AvgIpc) is 2.55. The number of aryl methyl sites for hydroxylation is 2. The van der Waals surface area contributed by atoms with E-state index in [2.05, 4.69) is 10.1 Å². The third-order valence-electron chi connectivity index (χ3n) is 3.38. The predicted molar refractivity (Wildman–Crippen MR) is 89.5 cm³/mol. The summed E-state index contributed by atoms with van der Waals surface area (Å²) >= 11 is 0. The van der Waals surface area contributed by atoms with Gasteiger partial charge in [-0.05, 0) is 43.7 Å². The van der Waals surface area contributed by atoms with Gasteiger partial charge in [0.15, 0.2) is 6.61 Å². The Kier molecular flexibility index (Phi) is 5.42. The fourth-order valence-electron chi connectivity index (χ4n) is 2.17. The van der Waals surface area contributed by atoms with Crippen molar-refractivity contribution in [3.63, 3.8) is 0 Å². The summed E-state index contributed by atoms with van der Waals surface area (Å²) < 4.78 is 10.0. The van der Waals surface area contributed by atoms with Crippen LogP contribution in [-0.4, -0.2) is 30.7 Å². The van der Waals surface area contributed by atoms with Crippen molar-refractivity contribution in [1.82, 2.24) is 0 Å². The molecule has 0 unspecified atom stereocenters. The number of benzene rings is 2. The van der Waals surface area contributed by atoms with Gasteiger partial charge in [0.1, 0.15) is 11.5 Å². The number of methoxy groups -OCH3 is 1. The zero-order chi connectivity index (χ0) is 17.7. The van der Waals surface area contributed by atoms with Gasteiger partial charge in [0.05, 0.1) is 18.4 Å². The molecule has 0 saturated carbocycles. The lowest BCUT2D eigenvalue weighted by Gasteiger charge is -2.11. The number of esters is 1. The summed E-state index contributed by atoms with van der Waals surface area (Å²) in [6, 6.07) is 9.78. The van der Waals surface area contributed by atoms with Crippen LogP contribution in [0.1, 0.15) is 21.5 Å². The fraction of sp³-hybridized carbons (Fsp3) is 0.222. The van der Waals surface area contributed by atoms with Crippen LogP contribution >= 0.6 is 0 Å². The van der Waals surface area contributed by atoms with E-state index < -0.39 is 11.9 Å². The van der Waals surface area contributed by atoms with Crippen molar-refractivity contribution in [2.24, 2.45) is 0 Å². The zero-order valence-electron chi connectivity index (χ0n) is 13.8. The fourth-order valence-corrected chi connectivity index (χ4v) is 2.17. The number of anilines is 1. The van der Waals surface area contributed by atoms with Gasteiger partial charge in [-0.2, -0.15) is 0 Å². The first-order chi connectivity index (χ1) is 11.4. The van der Waals surface area contributed by atoms with Crippen molar-refractivity contribution in [1.29, 1.82) is 0 Å². The van der Waals surface area contributed by atoms with Crippen LogP contribution in [0.4, 0.5) is 5.69 Å². The molecule has 0 spiro atoms. The third-order valence-corrected chi connectivity index (χ3v) is 3.38. The molecule has 0 radical (unpaired) electrons. The predicted octanol–water partition coefficient (Wildman–Crippen LogP) is 2.81. The van der Waals surface area contributed by atoms with Gasteiger partial charge in [-0.15, -0.1) is 0 Å². The van der Waals surface area contributed by atoms with E-state index in [1.165, 1.54) is 25.3 Å². The van der Waals surface area contributed by atoms with Crippen LogP contribution in [0, 0.1) is 13.8 Å². The second-order valence-electron chi connectivity index (χ2n) is 5.33. The monoisotopic (exact) mass is 329 g/mol. The maximum absolute atomic E-state index is 12.0. The Hall–Kier alpha value is -3.02. The molecular formula is C18H19NO5. The van der Waals surface area contributed by atoms with Crippen molar-refractivity contribution in [3.05, 3.63) is 53.1 Å². The summed E-state index contributed by atoms with van der Waals surface area (Å²) in [6.45, 7) is 3.68. The minimum absolute atomic E-state index is 0.192. The van der Waals surface area contributed by atoms with Gasteiger partial charge < -0.3 is 19.9 Å². The highest BCUT2D eigenvalue weighted by Gasteiger charge is 2.12. The number of ether oxygens (including phenoxy) is 2. The summed E-state index contributed by atoms with van der Waals surface area (Å²) in [5.41, 5.74) is 2.43. The van der Waals surface area contributed by atoms with Crippen LogP contribution in [0.25, 0.3) is 0 Å². The molecule has 0 aromatic heterocycles. The molecule has 1 amide bonds. The average molecular weight is 329 g/mol. The second kappa shape index (κ2) is 7.50. The van der Waals surface area contributed by atoms with Gasteiger partial charge in [0.2, 0.25) is 0 Å². The SMILES string of the molecule is COC(=O)c1ccc(NC(=O)COc2ccc(C)cc2C)c(O)c1. The molecular weight excluding hydrogens is 310 g/mol. The van der Waals surface area contributed by atoms with Crippen LogP contribution in [0.5, 0.6) is 11.5 Å². The standard InChI is InChI=1S/C18H19NO5/c1-11-4-7-16(12(2)8-11)24-10-17(21)19-14-6-5-13(9-15(14)20)18(22)23-3/h4-9,20H,10H2,1-3H3,(H,19,21). The Morgan fingerprint density at radius 3 is 2.50 bits per heavy atom. The van der Waals surface area contributed by atoms with Crippen LogP contribution in [0.2, 0.25) is 0 Å². The number of aromatic hydroxyl groups is 1. The van der Waals surface area contributed by atoms with Crippen LogP contribution in [0.15, 0.2) is 36.4 Å². The molecule has 6 heteroatoms. The molecule has 0 bridgehead atoms. The van der Waals surface area contributed by atoms with E-state index in [0.717, 1.165) is 11.1 Å². The smallest absolute Gasteiger partial charge is 0.337 e. The van der Waals surface area contributed by atoms with Crippen LogP contribution in [0.3, 0.4) is 0 Å². The summed E-state index contributed by atoms with van der Waals surface area (Å²) in [7, 11) is 1.25. The molecule has 0 aliphatic rings.